The Morgan fingerprint density at radius 2 is 2.46 bits per heavy atom. The summed E-state index contributed by atoms with van der Waals surface area (Å²) in [5.74, 6) is -0.470. The maximum absolute atomic E-state index is 11.3. The van der Waals surface area contributed by atoms with Crippen LogP contribution in [0.5, 0.6) is 5.75 Å². The van der Waals surface area contributed by atoms with Gasteiger partial charge in [-0.3, -0.25) is 9.78 Å². The van der Waals surface area contributed by atoms with E-state index in [4.69, 9.17) is 5.73 Å². The number of carbonyl (C=O) groups excluding carboxylic acids is 1. The van der Waals surface area contributed by atoms with Crippen molar-refractivity contribution in [3.8, 4) is 5.75 Å². The lowest BCUT2D eigenvalue weighted by Crippen LogP contribution is -2.29. The molecule has 5 nitrogen and oxygen atoms in total. The fraction of sp³-hybridized carbons (Fsp3) is 0.250. The van der Waals surface area contributed by atoms with Gasteiger partial charge >= 0.3 is 0 Å². The molecule has 0 bridgehead atoms. The lowest BCUT2D eigenvalue weighted by Gasteiger charge is -2.03. The molecule has 0 aliphatic rings. The van der Waals surface area contributed by atoms with Crippen molar-refractivity contribution in [3.63, 3.8) is 0 Å². The Morgan fingerprint density at radius 1 is 1.69 bits per heavy atom. The number of rotatable bonds is 3. The molecular formula is C8H11N3O2. The standard InChI is InChI=1S/C8H11N3O2/c9-2-4-11-8(13)6-1-3-10-5-7(6)12/h1,3,5,12H,2,4,9H2,(H,11,13). The summed E-state index contributed by atoms with van der Waals surface area (Å²) in [4.78, 5) is 14.9. The molecule has 1 aromatic rings. The second-order valence-electron chi connectivity index (χ2n) is 2.44. The number of hydrogen-bond acceptors (Lipinski definition) is 4. The first-order valence-corrected chi connectivity index (χ1v) is 3.87. The van der Waals surface area contributed by atoms with Crippen molar-refractivity contribution < 1.29 is 9.90 Å². The van der Waals surface area contributed by atoms with Gasteiger partial charge in [0.25, 0.3) is 5.91 Å². The first kappa shape index (κ1) is 9.47. The summed E-state index contributed by atoms with van der Waals surface area (Å²) in [5, 5.41) is 11.8. The van der Waals surface area contributed by atoms with E-state index in [1.165, 1.54) is 18.5 Å². The number of nitrogens with zero attached hydrogens (tertiary/aromatic N) is 1. The minimum Gasteiger partial charge on any atom is -0.505 e. The Morgan fingerprint density at radius 3 is 3.08 bits per heavy atom. The molecule has 0 aromatic carbocycles. The van der Waals surface area contributed by atoms with E-state index in [9.17, 15) is 9.90 Å². The van der Waals surface area contributed by atoms with Crippen LogP contribution in [0.3, 0.4) is 0 Å². The predicted molar refractivity (Wildman–Crippen MR) is 47.3 cm³/mol. The lowest BCUT2D eigenvalue weighted by molar-refractivity contribution is 0.0952. The number of carbonyl (C=O) groups is 1. The SMILES string of the molecule is NCCNC(=O)c1ccncc1O. The monoisotopic (exact) mass is 181 g/mol. The van der Waals surface area contributed by atoms with E-state index in [2.05, 4.69) is 10.3 Å². The van der Waals surface area contributed by atoms with Gasteiger partial charge in [-0.2, -0.15) is 0 Å². The van der Waals surface area contributed by atoms with Crippen molar-refractivity contribution in [1.29, 1.82) is 0 Å². The van der Waals surface area contributed by atoms with Crippen LogP contribution in [-0.4, -0.2) is 29.1 Å². The average Bonchev–Trinajstić information content (AvgIpc) is 2.15. The largest absolute Gasteiger partial charge is 0.505 e. The molecule has 0 saturated heterocycles. The maximum atomic E-state index is 11.3. The lowest BCUT2D eigenvalue weighted by atomic mass is 10.2. The summed E-state index contributed by atoms with van der Waals surface area (Å²) >= 11 is 0. The molecule has 0 saturated carbocycles. The highest BCUT2D eigenvalue weighted by atomic mass is 16.3. The van der Waals surface area contributed by atoms with Crippen LogP contribution in [0.4, 0.5) is 0 Å². The molecule has 0 aliphatic carbocycles. The Balaban J connectivity index is 2.71. The number of nitrogens with one attached hydrogen (secondary N) is 1. The van der Waals surface area contributed by atoms with Crippen LogP contribution in [0.25, 0.3) is 0 Å². The zero-order valence-electron chi connectivity index (χ0n) is 7.03. The molecule has 13 heavy (non-hydrogen) atoms. The van der Waals surface area contributed by atoms with E-state index >= 15 is 0 Å². The molecule has 1 aromatic heterocycles. The van der Waals surface area contributed by atoms with Gasteiger partial charge in [0.2, 0.25) is 0 Å². The zero-order valence-corrected chi connectivity index (χ0v) is 7.03. The summed E-state index contributed by atoms with van der Waals surface area (Å²) in [6.45, 7) is 0.762. The normalized spacial score (nSPS) is 9.62. The maximum Gasteiger partial charge on any atom is 0.255 e. The van der Waals surface area contributed by atoms with Crippen molar-refractivity contribution in [2.75, 3.05) is 13.1 Å². The number of nitrogens with two attached hydrogens (primary N) is 1. The minimum atomic E-state index is -0.342. The summed E-state index contributed by atoms with van der Waals surface area (Å²) < 4.78 is 0. The van der Waals surface area contributed by atoms with Crippen molar-refractivity contribution in [2.24, 2.45) is 5.73 Å². The highest BCUT2D eigenvalue weighted by Gasteiger charge is 2.08. The number of aromatic nitrogens is 1. The second kappa shape index (κ2) is 4.42. The quantitative estimate of drug-likeness (QED) is 0.585. The van der Waals surface area contributed by atoms with E-state index in [1.807, 2.05) is 0 Å². The molecule has 1 rings (SSSR count). The van der Waals surface area contributed by atoms with E-state index < -0.39 is 0 Å². The van der Waals surface area contributed by atoms with Gasteiger partial charge in [-0.15, -0.1) is 0 Å². The molecule has 1 amide bonds. The molecule has 70 valence electrons. The summed E-state index contributed by atoms with van der Waals surface area (Å²) in [7, 11) is 0. The third kappa shape index (κ3) is 2.41. The summed E-state index contributed by atoms with van der Waals surface area (Å²) in [6.07, 6.45) is 2.66. The predicted octanol–water partition coefficient (Wildman–Crippen LogP) is -0.524. The smallest absolute Gasteiger partial charge is 0.255 e. The fourth-order valence-corrected chi connectivity index (χ4v) is 0.859. The fourth-order valence-electron chi connectivity index (χ4n) is 0.859. The zero-order chi connectivity index (χ0) is 9.68. The van der Waals surface area contributed by atoms with Crippen LogP contribution >= 0.6 is 0 Å². The third-order valence-electron chi connectivity index (χ3n) is 1.47. The van der Waals surface area contributed by atoms with E-state index in [0.717, 1.165) is 0 Å². The van der Waals surface area contributed by atoms with E-state index in [0.29, 0.717) is 13.1 Å². The van der Waals surface area contributed by atoms with Gasteiger partial charge < -0.3 is 16.2 Å². The molecule has 0 atom stereocenters. The van der Waals surface area contributed by atoms with Gasteiger partial charge in [-0.05, 0) is 6.07 Å². The molecular weight excluding hydrogens is 170 g/mol. The van der Waals surface area contributed by atoms with E-state index in [-0.39, 0.29) is 17.2 Å². The Hall–Kier alpha value is -1.62. The molecule has 0 aliphatic heterocycles. The Bertz CT molecular complexity index is 301. The molecule has 0 unspecified atom stereocenters. The molecule has 0 spiro atoms. The second-order valence-corrected chi connectivity index (χ2v) is 2.44. The Labute approximate surface area is 75.6 Å². The van der Waals surface area contributed by atoms with Gasteiger partial charge in [-0.1, -0.05) is 0 Å². The van der Waals surface area contributed by atoms with Crippen LogP contribution in [0.15, 0.2) is 18.5 Å². The third-order valence-corrected chi connectivity index (χ3v) is 1.47. The first-order chi connectivity index (χ1) is 6.25. The number of amides is 1. The molecule has 0 radical (unpaired) electrons. The summed E-state index contributed by atoms with van der Waals surface area (Å²) in [6, 6.07) is 1.45. The van der Waals surface area contributed by atoms with Crippen molar-refractivity contribution in [2.45, 2.75) is 0 Å². The van der Waals surface area contributed by atoms with Crippen LogP contribution in [0.1, 0.15) is 10.4 Å². The summed E-state index contributed by atoms with van der Waals surface area (Å²) in [5.41, 5.74) is 5.41. The van der Waals surface area contributed by atoms with Crippen LogP contribution in [0, 0.1) is 0 Å². The highest BCUT2D eigenvalue weighted by molar-refractivity contribution is 5.96. The number of pyridine rings is 1. The van der Waals surface area contributed by atoms with Gasteiger partial charge in [0.15, 0.2) is 0 Å². The topological polar surface area (TPSA) is 88.2 Å². The van der Waals surface area contributed by atoms with Gasteiger partial charge in [0, 0.05) is 19.3 Å². The number of hydrogen-bond donors (Lipinski definition) is 3. The van der Waals surface area contributed by atoms with Gasteiger partial charge in [0.1, 0.15) is 5.75 Å². The minimum absolute atomic E-state index is 0.128. The van der Waals surface area contributed by atoms with Crippen molar-refractivity contribution in [3.05, 3.63) is 24.0 Å². The van der Waals surface area contributed by atoms with Crippen LogP contribution < -0.4 is 11.1 Å². The van der Waals surface area contributed by atoms with E-state index in [1.54, 1.807) is 0 Å². The highest BCUT2D eigenvalue weighted by Crippen LogP contribution is 2.12. The van der Waals surface area contributed by atoms with Crippen molar-refractivity contribution >= 4 is 5.91 Å². The molecule has 4 N–H and O–H groups in total. The molecule has 0 fully saturated rings. The molecule has 1 heterocycles. The Kier molecular flexibility index (Phi) is 3.22. The van der Waals surface area contributed by atoms with Crippen LogP contribution in [0.2, 0.25) is 0 Å². The number of aromatic hydroxyl groups is 1. The van der Waals surface area contributed by atoms with Crippen molar-refractivity contribution in [1.82, 2.24) is 10.3 Å². The van der Waals surface area contributed by atoms with Crippen LogP contribution in [-0.2, 0) is 0 Å². The van der Waals surface area contributed by atoms with Gasteiger partial charge in [0.05, 0.1) is 11.8 Å². The average molecular weight is 181 g/mol. The molecule has 5 heteroatoms. The first-order valence-electron chi connectivity index (χ1n) is 3.87. The van der Waals surface area contributed by atoms with Gasteiger partial charge in [-0.25, -0.2) is 0 Å².